The van der Waals surface area contributed by atoms with Gasteiger partial charge in [-0.05, 0) is 35.7 Å². The third kappa shape index (κ3) is 11.2. The van der Waals surface area contributed by atoms with E-state index in [1.165, 1.54) is 89.9 Å². The second-order valence-electron chi connectivity index (χ2n) is 8.82. The van der Waals surface area contributed by atoms with E-state index >= 15 is 0 Å². The average Bonchev–Trinajstić information content (AvgIpc) is 2.80. The summed E-state index contributed by atoms with van der Waals surface area (Å²) in [5.41, 5.74) is 0.708. The van der Waals surface area contributed by atoms with Gasteiger partial charge in [-0.15, -0.1) is 0 Å². The van der Waals surface area contributed by atoms with E-state index in [-0.39, 0.29) is 5.91 Å². The van der Waals surface area contributed by atoms with Crippen molar-refractivity contribution in [2.24, 2.45) is 0 Å². The Labute approximate surface area is 190 Å². The van der Waals surface area contributed by atoms with E-state index in [9.17, 15) is 4.79 Å². The van der Waals surface area contributed by atoms with Gasteiger partial charge in [0, 0.05) is 11.8 Å². The van der Waals surface area contributed by atoms with Gasteiger partial charge in [0.2, 0.25) is 0 Å². The van der Waals surface area contributed by atoms with Gasteiger partial charge in [0.1, 0.15) is 0 Å². The number of allylic oxidation sites excluding steroid dienone is 1. The van der Waals surface area contributed by atoms with E-state index in [2.05, 4.69) is 24.4 Å². The van der Waals surface area contributed by atoms with Gasteiger partial charge in [0.05, 0.1) is 0 Å². The van der Waals surface area contributed by atoms with Gasteiger partial charge in [-0.1, -0.05) is 127 Å². The van der Waals surface area contributed by atoms with Crippen molar-refractivity contribution in [3.8, 4) is 0 Å². The molecule has 0 radical (unpaired) electrons. The normalized spacial score (nSPS) is 11.4. The van der Waals surface area contributed by atoms with Crippen LogP contribution in [0.3, 0.4) is 0 Å². The van der Waals surface area contributed by atoms with Crippen LogP contribution in [0.15, 0.2) is 54.7 Å². The maximum atomic E-state index is 12.3. The maximum absolute atomic E-state index is 12.3. The summed E-state index contributed by atoms with van der Waals surface area (Å²) in [4.78, 5) is 12.3. The fourth-order valence-corrected chi connectivity index (χ4v) is 4.09. The first-order valence-electron chi connectivity index (χ1n) is 12.8. The van der Waals surface area contributed by atoms with Gasteiger partial charge in [-0.3, -0.25) is 4.79 Å². The van der Waals surface area contributed by atoms with Crippen LogP contribution in [0.25, 0.3) is 10.8 Å². The summed E-state index contributed by atoms with van der Waals surface area (Å²) in [7, 11) is 0. The van der Waals surface area contributed by atoms with Crippen LogP contribution in [-0.2, 0) is 0 Å². The quantitative estimate of drug-likeness (QED) is 0.254. The summed E-state index contributed by atoms with van der Waals surface area (Å²) < 4.78 is 0. The predicted molar refractivity (Wildman–Crippen MR) is 135 cm³/mol. The highest BCUT2D eigenvalue weighted by Gasteiger charge is 2.04. The molecule has 0 spiro atoms. The molecule has 0 atom stereocenters. The zero-order chi connectivity index (χ0) is 22.0. The summed E-state index contributed by atoms with van der Waals surface area (Å²) >= 11 is 0. The van der Waals surface area contributed by atoms with Crippen molar-refractivity contribution in [3.63, 3.8) is 0 Å². The third-order valence-electron chi connectivity index (χ3n) is 6.07. The van der Waals surface area contributed by atoms with Gasteiger partial charge in [0.15, 0.2) is 0 Å². The van der Waals surface area contributed by atoms with E-state index in [4.69, 9.17) is 0 Å². The lowest BCUT2D eigenvalue weighted by molar-refractivity contribution is 0.0970. The Balaban J connectivity index is 1.41. The topological polar surface area (TPSA) is 29.1 Å². The lowest BCUT2D eigenvalue weighted by atomic mass is 10.0. The lowest BCUT2D eigenvalue weighted by Crippen LogP contribution is -2.16. The number of hydrogen-bond donors (Lipinski definition) is 1. The highest BCUT2D eigenvalue weighted by atomic mass is 16.1. The number of fused-ring (bicyclic) bond motifs is 1. The first kappa shape index (κ1) is 25.2. The van der Waals surface area contributed by atoms with Crippen LogP contribution in [0.1, 0.15) is 114 Å². The van der Waals surface area contributed by atoms with Crippen LogP contribution in [0.2, 0.25) is 0 Å². The third-order valence-corrected chi connectivity index (χ3v) is 6.07. The van der Waals surface area contributed by atoms with Gasteiger partial charge < -0.3 is 5.32 Å². The Morgan fingerprint density at radius 3 is 1.87 bits per heavy atom. The number of hydrogen-bond acceptors (Lipinski definition) is 1. The molecule has 2 rings (SSSR count). The summed E-state index contributed by atoms with van der Waals surface area (Å²) in [6.07, 6.45) is 24.3. The molecule has 0 aliphatic carbocycles. The Hall–Kier alpha value is -2.09. The first-order valence-corrected chi connectivity index (χ1v) is 12.8. The molecule has 0 bridgehead atoms. The molecule has 2 nitrogen and oxygen atoms in total. The minimum atomic E-state index is -0.0389. The zero-order valence-electron chi connectivity index (χ0n) is 19.7. The summed E-state index contributed by atoms with van der Waals surface area (Å²) in [5.74, 6) is -0.0389. The summed E-state index contributed by atoms with van der Waals surface area (Å²) in [6.45, 7) is 2.28. The second-order valence-corrected chi connectivity index (χ2v) is 8.82. The number of benzene rings is 2. The van der Waals surface area contributed by atoms with Crippen LogP contribution in [0.5, 0.6) is 0 Å². The van der Waals surface area contributed by atoms with E-state index in [1.807, 2.05) is 36.4 Å². The number of amides is 1. The number of carbonyl (C=O) groups excluding carboxylic acids is 1. The van der Waals surface area contributed by atoms with Crippen molar-refractivity contribution >= 4 is 16.7 Å². The van der Waals surface area contributed by atoms with Crippen molar-refractivity contribution in [3.05, 3.63) is 60.3 Å². The van der Waals surface area contributed by atoms with Gasteiger partial charge in [-0.2, -0.15) is 0 Å². The van der Waals surface area contributed by atoms with E-state index in [0.717, 1.165) is 17.2 Å². The fraction of sp³-hybridized carbons (Fsp3) is 0.552. The second kappa shape index (κ2) is 16.6. The number of rotatable bonds is 17. The molecule has 0 saturated carbocycles. The van der Waals surface area contributed by atoms with E-state index < -0.39 is 0 Å². The molecule has 0 heterocycles. The van der Waals surface area contributed by atoms with Gasteiger partial charge in [0.25, 0.3) is 5.91 Å². The first-order chi connectivity index (χ1) is 15.3. The Morgan fingerprint density at radius 2 is 1.26 bits per heavy atom. The molecule has 0 saturated heterocycles. The molecule has 0 aromatic heterocycles. The van der Waals surface area contributed by atoms with Crippen molar-refractivity contribution in [2.75, 3.05) is 0 Å². The average molecular weight is 422 g/mol. The molecule has 31 heavy (non-hydrogen) atoms. The van der Waals surface area contributed by atoms with E-state index in [1.54, 1.807) is 6.20 Å². The molecule has 1 amide bonds. The molecule has 2 heteroatoms. The lowest BCUT2D eigenvalue weighted by Gasteiger charge is -2.03. The Kier molecular flexibility index (Phi) is 13.5. The molecule has 0 aliphatic heterocycles. The Bertz CT molecular complexity index is 764. The number of unbranched alkanes of at least 4 members (excludes halogenated alkanes) is 14. The van der Waals surface area contributed by atoms with Gasteiger partial charge >= 0.3 is 0 Å². The largest absolute Gasteiger partial charge is 0.329 e. The molecular weight excluding hydrogens is 378 g/mol. The van der Waals surface area contributed by atoms with Crippen LogP contribution >= 0.6 is 0 Å². The SMILES string of the molecule is CCCCCCCCCCCCCCCCC=CNC(=O)c1ccc2ccccc2c1. The highest BCUT2D eigenvalue weighted by molar-refractivity contribution is 5.98. The molecule has 2 aromatic carbocycles. The monoisotopic (exact) mass is 421 g/mol. The minimum Gasteiger partial charge on any atom is -0.329 e. The molecular formula is C29H43NO. The molecule has 0 fully saturated rings. The number of nitrogens with one attached hydrogen (secondary N) is 1. The van der Waals surface area contributed by atoms with Crippen LogP contribution in [0.4, 0.5) is 0 Å². The highest BCUT2D eigenvalue weighted by Crippen LogP contribution is 2.16. The van der Waals surface area contributed by atoms with Crippen molar-refractivity contribution in [2.45, 2.75) is 103 Å². The smallest absolute Gasteiger partial charge is 0.255 e. The minimum absolute atomic E-state index is 0.0389. The molecule has 0 unspecified atom stereocenters. The fourth-order valence-electron chi connectivity index (χ4n) is 4.09. The van der Waals surface area contributed by atoms with Crippen molar-refractivity contribution < 1.29 is 4.79 Å². The molecule has 170 valence electrons. The molecule has 1 N–H and O–H groups in total. The standard InChI is InChI=1S/C29H43NO/c1-2-3-4-5-6-7-8-9-10-11-12-13-14-15-16-19-24-30-29(31)28-23-22-26-20-17-18-21-27(26)25-28/h17-25H,2-16H2,1H3,(H,30,31). The molecule has 0 aliphatic rings. The zero-order valence-corrected chi connectivity index (χ0v) is 19.7. The predicted octanol–water partition coefficient (Wildman–Crippen LogP) is 8.95. The van der Waals surface area contributed by atoms with Crippen molar-refractivity contribution in [1.29, 1.82) is 0 Å². The van der Waals surface area contributed by atoms with E-state index in [0.29, 0.717) is 5.56 Å². The van der Waals surface area contributed by atoms with Crippen LogP contribution in [0, 0.1) is 0 Å². The van der Waals surface area contributed by atoms with Crippen LogP contribution in [-0.4, -0.2) is 5.91 Å². The number of carbonyl (C=O) groups is 1. The summed E-state index contributed by atoms with van der Waals surface area (Å²) in [6, 6.07) is 14.0. The summed E-state index contributed by atoms with van der Waals surface area (Å²) in [5, 5.41) is 5.15. The maximum Gasteiger partial charge on any atom is 0.255 e. The van der Waals surface area contributed by atoms with Gasteiger partial charge in [-0.25, -0.2) is 0 Å². The van der Waals surface area contributed by atoms with Crippen molar-refractivity contribution in [1.82, 2.24) is 5.32 Å². The molecule has 2 aromatic rings. The van der Waals surface area contributed by atoms with Crippen LogP contribution < -0.4 is 5.32 Å². The Morgan fingerprint density at radius 1 is 0.710 bits per heavy atom.